The van der Waals surface area contributed by atoms with Gasteiger partial charge in [-0.15, -0.1) is 11.3 Å². The standard InChI is InChI=1S/C16H16N4O2S/c1-10(2)8-22-15-13-11(7-18-14(13)19-9-20-15)3-4-12(21)16-17-5-6-23-16/h3-7,9-10H,8H2,1-2H3,(H,18,19,20)/b4-3+. The Balaban J connectivity index is 1.90. The monoisotopic (exact) mass is 328 g/mol. The second kappa shape index (κ2) is 6.70. The number of ketones is 1. The molecule has 0 amide bonds. The van der Waals surface area contributed by atoms with E-state index in [2.05, 4.69) is 33.8 Å². The third-order valence-electron chi connectivity index (χ3n) is 3.08. The van der Waals surface area contributed by atoms with Gasteiger partial charge in [-0.3, -0.25) is 4.79 Å². The van der Waals surface area contributed by atoms with Crippen LogP contribution in [0.3, 0.4) is 0 Å². The van der Waals surface area contributed by atoms with Crippen LogP contribution in [-0.2, 0) is 0 Å². The van der Waals surface area contributed by atoms with Gasteiger partial charge in [-0.2, -0.15) is 0 Å². The molecule has 3 aromatic rings. The molecule has 118 valence electrons. The number of hydrogen-bond donors (Lipinski definition) is 1. The Kier molecular flexibility index (Phi) is 4.47. The van der Waals surface area contributed by atoms with Crippen LogP contribution in [-0.4, -0.2) is 32.3 Å². The molecule has 3 aromatic heterocycles. The summed E-state index contributed by atoms with van der Waals surface area (Å²) in [4.78, 5) is 27.5. The second-order valence-corrected chi connectivity index (χ2v) is 6.28. The summed E-state index contributed by atoms with van der Waals surface area (Å²) in [5.74, 6) is 0.784. The number of thiazole rings is 1. The van der Waals surface area contributed by atoms with Crippen LogP contribution in [0.4, 0.5) is 0 Å². The highest BCUT2D eigenvalue weighted by molar-refractivity contribution is 7.11. The van der Waals surface area contributed by atoms with Gasteiger partial charge in [0, 0.05) is 23.3 Å². The van der Waals surface area contributed by atoms with E-state index in [9.17, 15) is 4.79 Å². The van der Waals surface area contributed by atoms with E-state index in [1.165, 1.54) is 23.7 Å². The molecule has 0 atom stereocenters. The molecule has 0 fully saturated rings. The van der Waals surface area contributed by atoms with Crippen LogP contribution in [0.25, 0.3) is 17.1 Å². The fourth-order valence-corrected chi connectivity index (χ4v) is 2.58. The van der Waals surface area contributed by atoms with Crippen LogP contribution >= 0.6 is 11.3 Å². The van der Waals surface area contributed by atoms with Gasteiger partial charge in [-0.05, 0) is 18.1 Å². The summed E-state index contributed by atoms with van der Waals surface area (Å²) in [6, 6.07) is 0. The molecule has 0 aromatic carbocycles. The highest BCUT2D eigenvalue weighted by atomic mass is 32.1. The van der Waals surface area contributed by atoms with Crippen LogP contribution in [0, 0.1) is 5.92 Å². The molecule has 7 heteroatoms. The molecule has 0 spiro atoms. The zero-order chi connectivity index (χ0) is 16.2. The van der Waals surface area contributed by atoms with Crippen molar-refractivity contribution in [3.63, 3.8) is 0 Å². The minimum Gasteiger partial charge on any atom is -0.477 e. The van der Waals surface area contributed by atoms with E-state index in [4.69, 9.17) is 4.74 Å². The summed E-state index contributed by atoms with van der Waals surface area (Å²) in [7, 11) is 0. The second-order valence-electron chi connectivity index (χ2n) is 5.39. The Morgan fingerprint density at radius 2 is 2.26 bits per heavy atom. The van der Waals surface area contributed by atoms with Gasteiger partial charge in [-0.1, -0.05) is 13.8 Å². The Hall–Kier alpha value is -2.54. The molecule has 23 heavy (non-hydrogen) atoms. The van der Waals surface area contributed by atoms with Gasteiger partial charge in [0.15, 0.2) is 5.01 Å². The average Bonchev–Trinajstić information content (AvgIpc) is 3.20. The molecule has 0 aliphatic carbocycles. The number of fused-ring (bicyclic) bond motifs is 1. The smallest absolute Gasteiger partial charge is 0.226 e. The van der Waals surface area contributed by atoms with Crippen molar-refractivity contribution >= 4 is 34.2 Å². The molecule has 0 saturated carbocycles. The summed E-state index contributed by atoms with van der Waals surface area (Å²) in [6.07, 6.45) is 8.09. The number of carbonyl (C=O) groups excluding carboxylic acids is 1. The van der Waals surface area contributed by atoms with Crippen molar-refractivity contribution in [2.75, 3.05) is 6.61 Å². The molecule has 0 aliphatic rings. The Bertz CT molecular complexity index is 837. The van der Waals surface area contributed by atoms with Gasteiger partial charge in [0.2, 0.25) is 11.7 Å². The summed E-state index contributed by atoms with van der Waals surface area (Å²) in [5.41, 5.74) is 1.49. The van der Waals surface area contributed by atoms with Crippen molar-refractivity contribution in [3.05, 3.63) is 40.7 Å². The Morgan fingerprint density at radius 3 is 3.00 bits per heavy atom. The minimum absolute atomic E-state index is 0.129. The zero-order valence-corrected chi connectivity index (χ0v) is 13.6. The maximum atomic E-state index is 12.0. The highest BCUT2D eigenvalue weighted by Crippen LogP contribution is 2.26. The minimum atomic E-state index is -0.129. The Labute approximate surface area is 137 Å². The molecule has 0 bridgehead atoms. The number of hydrogen-bond acceptors (Lipinski definition) is 6. The van der Waals surface area contributed by atoms with Crippen molar-refractivity contribution in [3.8, 4) is 5.88 Å². The Morgan fingerprint density at radius 1 is 1.39 bits per heavy atom. The number of aromatic amines is 1. The number of allylic oxidation sites excluding steroid dienone is 1. The molecule has 0 aliphatic heterocycles. The lowest BCUT2D eigenvalue weighted by molar-refractivity contribution is 0.104. The quantitative estimate of drug-likeness (QED) is 0.554. The fraction of sp³-hybridized carbons (Fsp3) is 0.250. The van der Waals surface area contributed by atoms with Gasteiger partial charge in [0.25, 0.3) is 0 Å². The topological polar surface area (TPSA) is 80.8 Å². The van der Waals surface area contributed by atoms with Crippen LogP contribution in [0.15, 0.2) is 30.2 Å². The fourth-order valence-electron chi connectivity index (χ4n) is 2.03. The molecular formula is C16H16N4O2S. The number of carbonyl (C=O) groups is 1. The average molecular weight is 328 g/mol. The predicted octanol–water partition coefficient (Wildman–Crippen LogP) is 3.35. The molecule has 1 N–H and O–H groups in total. The summed E-state index contributed by atoms with van der Waals surface area (Å²) in [6.45, 7) is 4.71. The summed E-state index contributed by atoms with van der Waals surface area (Å²) >= 11 is 1.32. The zero-order valence-electron chi connectivity index (χ0n) is 12.8. The highest BCUT2D eigenvalue weighted by Gasteiger charge is 2.12. The normalized spacial score (nSPS) is 11.6. The number of H-pyrrole nitrogens is 1. The lowest BCUT2D eigenvalue weighted by Crippen LogP contribution is -2.06. The lowest BCUT2D eigenvalue weighted by atomic mass is 10.2. The van der Waals surface area contributed by atoms with Crippen molar-refractivity contribution < 1.29 is 9.53 Å². The van der Waals surface area contributed by atoms with E-state index < -0.39 is 0 Å². The predicted molar refractivity (Wildman–Crippen MR) is 89.7 cm³/mol. The lowest BCUT2D eigenvalue weighted by Gasteiger charge is -2.08. The molecule has 0 radical (unpaired) electrons. The first-order chi connectivity index (χ1) is 11.1. The van der Waals surface area contributed by atoms with Gasteiger partial charge in [-0.25, -0.2) is 15.0 Å². The number of rotatable bonds is 6. The molecule has 3 heterocycles. The summed E-state index contributed by atoms with van der Waals surface area (Å²) < 4.78 is 5.76. The van der Waals surface area contributed by atoms with Crippen LogP contribution in [0.2, 0.25) is 0 Å². The number of ether oxygens (including phenoxy) is 1. The van der Waals surface area contributed by atoms with E-state index >= 15 is 0 Å². The number of aromatic nitrogens is 4. The maximum Gasteiger partial charge on any atom is 0.226 e. The van der Waals surface area contributed by atoms with E-state index in [-0.39, 0.29) is 5.78 Å². The van der Waals surface area contributed by atoms with Gasteiger partial charge < -0.3 is 9.72 Å². The number of nitrogens with zero attached hydrogens (tertiary/aromatic N) is 3. The third kappa shape index (κ3) is 3.45. The van der Waals surface area contributed by atoms with Gasteiger partial charge in [0.05, 0.1) is 12.0 Å². The van der Waals surface area contributed by atoms with Crippen LogP contribution in [0.1, 0.15) is 29.2 Å². The van der Waals surface area contributed by atoms with E-state index in [0.717, 1.165) is 10.9 Å². The van der Waals surface area contributed by atoms with E-state index in [0.29, 0.717) is 29.1 Å². The van der Waals surface area contributed by atoms with Crippen molar-refractivity contribution in [2.45, 2.75) is 13.8 Å². The third-order valence-corrected chi connectivity index (χ3v) is 3.86. The van der Waals surface area contributed by atoms with Crippen LogP contribution in [0.5, 0.6) is 5.88 Å². The first kappa shape index (κ1) is 15.4. The first-order valence-electron chi connectivity index (χ1n) is 7.22. The molecular weight excluding hydrogens is 312 g/mol. The molecule has 3 rings (SSSR count). The maximum absolute atomic E-state index is 12.0. The molecule has 0 saturated heterocycles. The van der Waals surface area contributed by atoms with Gasteiger partial charge in [0.1, 0.15) is 12.0 Å². The van der Waals surface area contributed by atoms with Crippen LogP contribution < -0.4 is 4.74 Å². The van der Waals surface area contributed by atoms with Crippen molar-refractivity contribution in [1.82, 2.24) is 19.9 Å². The molecule has 6 nitrogen and oxygen atoms in total. The van der Waals surface area contributed by atoms with Crippen molar-refractivity contribution in [1.29, 1.82) is 0 Å². The largest absolute Gasteiger partial charge is 0.477 e. The molecule has 0 unspecified atom stereocenters. The van der Waals surface area contributed by atoms with Gasteiger partial charge >= 0.3 is 0 Å². The summed E-state index contributed by atoms with van der Waals surface area (Å²) in [5, 5.41) is 3.02. The number of nitrogens with one attached hydrogen (secondary N) is 1. The van der Waals surface area contributed by atoms with E-state index in [1.807, 2.05) is 0 Å². The first-order valence-corrected chi connectivity index (χ1v) is 8.10. The van der Waals surface area contributed by atoms with E-state index in [1.54, 1.807) is 23.8 Å². The van der Waals surface area contributed by atoms with Crippen molar-refractivity contribution in [2.24, 2.45) is 5.92 Å². The SMILES string of the molecule is CC(C)COc1ncnc2[nH]cc(/C=C/C(=O)c3nccs3)c12.